The van der Waals surface area contributed by atoms with E-state index < -0.39 is 0 Å². The third-order valence-electron chi connectivity index (χ3n) is 1.97. The van der Waals surface area contributed by atoms with Crippen LogP contribution in [-0.4, -0.2) is 41.9 Å². The molecule has 0 spiro atoms. The summed E-state index contributed by atoms with van der Waals surface area (Å²) in [7, 11) is 1.61. The van der Waals surface area contributed by atoms with Gasteiger partial charge < -0.3 is 15.2 Å². The minimum absolute atomic E-state index is 0.280. The van der Waals surface area contributed by atoms with Crippen LogP contribution in [0.25, 0.3) is 0 Å². The molecule has 0 amide bonds. The van der Waals surface area contributed by atoms with Gasteiger partial charge in [0.15, 0.2) is 0 Å². The summed E-state index contributed by atoms with van der Waals surface area (Å²) >= 11 is 1.84. The van der Waals surface area contributed by atoms with Crippen LogP contribution in [0.2, 0.25) is 0 Å². The number of pyridine rings is 1. The number of aliphatic hydroxyl groups excluding tert-OH is 1. The monoisotopic (exact) mass is 242 g/mol. The molecule has 1 rings (SSSR count). The molecule has 0 aromatic carbocycles. The molecule has 0 unspecified atom stereocenters. The lowest BCUT2D eigenvalue weighted by molar-refractivity contribution is 0.296. The zero-order valence-corrected chi connectivity index (χ0v) is 10.3. The van der Waals surface area contributed by atoms with Crippen LogP contribution in [0.5, 0.6) is 5.88 Å². The van der Waals surface area contributed by atoms with Gasteiger partial charge in [-0.25, -0.2) is 4.98 Å². The summed E-state index contributed by atoms with van der Waals surface area (Å²) in [6, 6.07) is 3.79. The lowest BCUT2D eigenvalue weighted by atomic mass is 10.4. The predicted molar refractivity (Wildman–Crippen MR) is 68.3 cm³/mol. The Kier molecular flexibility index (Phi) is 6.76. The molecule has 4 nitrogen and oxygen atoms in total. The maximum atomic E-state index is 8.61. The molecule has 0 saturated heterocycles. The first-order valence-corrected chi connectivity index (χ1v) is 6.45. The van der Waals surface area contributed by atoms with Crippen LogP contribution in [-0.2, 0) is 0 Å². The van der Waals surface area contributed by atoms with Crippen molar-refractivity contribution in [2.75, 3.05) is 37.1 Å². The number of hydrogen-bond donors (Lipinski definition) is 2. The Hall–Kier alpha value is -0.940. The highest BCUT2D eigenvalue weighted by atomic mass is 32.2. The van der Waals surface area contributed by atoms with Crippen molar-refractivity contribution in [1.82, 2.24) is 4.98 Å². The second kappa shape index (κ2) is 8.24. The molecule has 1 aromatic heterocycles. The Morgan fingerprint density at radius 2 is 2.38 bits per heavy atom. The van der Waals surface area contributed by atoms with Gasteiger partial charge in [-0.1, -0.05) is 0 Å². The molecule has 0 aliphatic heterocycles. The van der Waals surface area contributed by atoms with E-state index in [0.717, 1.165) is 30.2 Å². The number of nitrogens with zero attached hydrogens (tertiary/aromatic N) is 1. The number of aromatic nitrogens is 1. The number of aliphatic hydroxyl groups is 1. The van der Waals surface area contributed by atoms with Crippen molar-refractivity contribution in [2.24, 2.45) is 0 Å². The van der Waals surface area contributed by atoms with Gasteiger partial charge >= 0.3 is 0 Å². The van der Waals surface area contributed by atoms with Crippen LogP contribution in [0.3, 0.4) is 0 Å². The van der Waals surface area contributed by atoms with Crippen LogP contribution >= 0.6 is 11.8 Å². The third-order valence-corrected chi connectivity index (χ3v) is 3.04. The molecule has 90 valence electrons. The first-order valence-electron chi connectivity index (χ1n) is 5.29. The molecule has 2 N–H and O–H groups in total. The van der Waals surface area contributed by atoms with E-state index in [4.69, 9.17) is 9.84 Å². The Balaban J connectivity index is 2.16. The van der Waals surface area contributed by atoms with E-state index in [1.165, 1.54) is 0 Å². The molecule has 0 radical (unpaired) electrons. The smallest absolute Gasteiger partial charge is 0.214 e. The highest BCUT2D eigenvalue weighted by molar-refractivity contribution is 7.99. The highest BCUT2D eigenvalue weighted by Gasteiger charge is 1.95. The van der Waals surface area contributed by atoms with Crippen LogP contribution in [0.1, 0.15) is 6.42 Å². The van der Waals surface area contributed by atoms with Gasteiger partial charge in [-0.2, -0.15) is 11.8 Å². The first kappa shape index (κ1) is 13.1. The van der Waals surface area contributed by atoms with Crippen molar-refractivity contribution in [3.05, 3.63) is 18.3 Å². The summed E-state index contributed by atoms with van der Waals surface area (Å²) in [5, 5.41) is 11.9. The maximum absolute atomic E-state index is 8.61. The SMILES string of the molecule is COc1cc(NCCSCCCO)ccn1. The van der Waals surface area contributed by atoms with E-state index in [-0.39, 0.29) is 6.61 Å². The summed E-state index contributed by atoms with van der Waals surface area (Å²) in [6.45, 7) is 1.19. The molecule has 0 fully saturated rings. The molecule has 0 saturated carbocycles. The van der Waals surface area contributed by atoms with Crippen molar-refractivity contribution < 1.29 is 9.84 Å². The zero-order chi connectivity index (χ0) is 11.6. The number of hydrogen-bond acceptors (Lipinski definition) is 5. The van der Waals surface area contributed by atoms with Gasteiger partial charge in [0, 0.05) is 36.9 Å². The number of ether oxygens (including phenoxy) is 1. The average molecular weight is 242 g/mol. The number of nitrogens with one attached hydrogen (secondary N) is 1. The topological polar surface area (TPSA) is 54.4 Å². The number of rotatable bonds is 8. The summed E-state index contributed by atoms with van der Waals surface area (Å²) in [4.78, 5) is 4.03. The Labute approximate surface area is 100 Å². The second-order valence-electron chi connectivity index (χ2n) is 3.20. The molecule has 0 atom stereocenters. The summed E-state index contributed by atoms with van der Waals surface area (Å²) in [5.41, 5.74) is 1.02. The lowest BCUT2D eigenvalue weighted by Gasteiger charge is -2.06. The van der Waals surface area contributed by atoms with Gasteiger partial charge in [-0.05, 0) is 18.2 Å². The number of methoxy groups -OCH3 is 1. The molecule has 0 aliphatic carbocycles. The second-order valence-corrected chi connectivity index (χ2v) is 4.43. The molecule has 1 aromatic rings. The molecular weight excluding hydrogens is 224 g/mol. The molecular formula is C11H18N2O2S. The highest BCUT2D eigenvalue weighted by Crippen LogP contribution is 2.13. The van der Waals surface area contributed by atoms with Crippen LogP contribution < -0.4 is 10.1 Å². The fraction of sp³-hybridized carbons (Fsp3) is 0.545. The first-order chi connectivity index (χ1) is 7.86. The quantitative estimate of drug-likeness (QED) is 0.678. The fourth-order valence-corrected chi connectivity index (χ4v) is 1.95. The predicted octanol–water partition coefficient (Wildman–Crippen LogP) is 1.62. The number of anilines is 1. The largest absolute Gasteiger partial charge is 0.481 e. The van der Waals surface area contributed by atoms with E-state index >= 15 is 0 Å². The Bertz CT molecular complexity index is 297. The van der Waals surface area contributed by atoms with Gasteiger partial charge in [0.1, 0.15) is 0 Å². The minimum Gasteiger partial charge on any atom is -0.481 e. The van der Waals surface area contributed by atoms with Gasteiger partial charge in [-0.15, -0.1) is 0 Å². The summed E-state index contributed by atoms with van der Waals surface area (Å²) in [5.74, 6) is 2.67. The Morgan fingerprint density at radius 1 is 1.50 bits per heavy atom. The van der Waals surface area contributed by atoms with E-state index in [9.17, 15) is 0 Å². The molecule has 1 heterocycles. The summed E-state index contributed by atoms with van der Waals surface area (Å²) in [6.07, 6.45) is 2.59. The van der Waals surface area contributed by atoms with Crippen molar-refractivity contribution in [1.29, 1.82) is 0 Å². The third kappa shape index (κ3) is 5.23. The molecule has 5 heteroatoms. The standard InChI is InChI=1S/C11H18N2O2S/c1-15-11-9-10(3-4-13-11)12-5-8-16-7-2-6-14/h3-4,9,14H,2,5-8H2,1H3,(H,12,13). The molecule has 0 aliphatic rings. The normalized spacial score (nSPS) is 10.1. The van der Waals surface area contributed by atoms with Gasteiger partial charge in [0.25, 0.3) is 0 Å². The van der Waals surface area contributed by atoms with E-state index in [2.05, 4.69) is 10.3 Å². The average Bonchev–Trinajstić information content (AvgIpc) is 2.34. The summed E-state index contributed by atoms with van der Waals surface area (Å²) < 4.78 is 5.03. The van der Waals surface area contributed by atoms with E-state index in [1.807, 2.05) is 23.9 Å². The zero-order valence-electron chi connectivity index (χ0n) is 9.48. The lowest BCUT2D eigenvalue weighted by Crippen LogP contribution is -2.05. The van der Waals surface area contributed by atoms with Crippen molar-refractivity contribution >= 4 is 17.4 Å². The minimum atomic E-state index is 0.280. The van der Waals surface area contributed by atoms with Crippen LogP contribution in [0.15, 0.2) is 18.3 Å². The van der Waals surface area contributed by atoms with Gasteiger partial charge in [0.2, 0.25) is 5.88 Å². The van der Waals surface area contributed by atoms with Crippen LogP contribution in [0.4, 0.5) is 5.69 Å². The van der Waals surface area contributed by atoms with Gasteiger partial charge in [-0.3, -0.25) is 0 Å². The molecule has 16 heavy (non-hydrogen) atoms. The maximum Gasteiger partial charge on any atom is 0.214 e. The van der Waals surface area contributed by atoms with Crippen molar-refractivity contribution in [2.45, 2.75) is 6.42 Å². The fourth-order valence-electron chi connectivity index (χ4n) is 1.17. The van der Waals surface area contributed by atoms with E-state index in [1.54, 1.807) is 13.3 Å². The van der Waals surface area contributed by atoms with E-state index in [0.29, 0.717) is 5.88 Å². The Morgan fingerprint density at radius 3 is 3.12 bits per heavy atom. The van der Waals surface area contributed by atoms with Crippen LogP contribution in [0, 0.1) is 0 Å². The van der Waals surface area contributed by atoms with Crippen molar-refractivity contribution in [3.8, 4) is 5.88 Å². The molecule has 0 bridgehead atoms. The van der Waals surface area contributed by atoms with Gasteiger partial charge in [0.05, 0.1) is 7.11 Å². The number of thioether (sulfide) groups is 1. The van der Waals surface area contributed by atoms with Crippen molar-refractivity contribution in [3.63, 3.8) is 0 Å².